The lowest BCUT2D eigenvalue weighted by Crippen LogP contribution is -2.28. The summed E-state index contributed by atoms with van der Waals surface area (Å²) in [5.74, 6) is -1.83. The quantitative estimate of drug-likeness (QED) is 0.671. The van der Waals surface area contributed by atoms with Gasteiger partial charge in [-0.2, -0.15) is 0 Å². The van der Waals surface area contributed by atoms with Gasteiger partial charge in [0.15, 0.2) is 0 Å². The van der Waals surface area contributed by atoms with Crippen LogP contribution in [0.4, 0.5) is 17.6 Å². The molecule has 5 nitrogen and oxygen atoms in total. The van der Waals surface area contributed by atoms with Crippen LogP contribution < -0.4 is 16.0 Å². The molecular weight excluding hydrogens is 390 g/mol. The Labute approximate surface area is 154 Å². The fourth-order valence-electron chi connectivity index (χ4n) is 2.63. The van der Waals surface area contributed by atoms with Crippen LogP contribution in [0, 0.1) is 5.82 Å². The van der Waals surface area contributed by atoms with Crippen LogP contribution in [0.15, 0.2) is 41.2 Å². The third-order valence-corrected chi connectivity index (χ3v) is 3.94. The first-order chi connectivity index (χ1) is 12.6. The number of rotatable bonds is 3. The van der Waals surface area contributed by atoms with E-state index in [2.05, 4.69) is 9.72 Å². The van der Waals surface area contributed by atoms with Crippen LogP contribution in [0.25, 0.3) is 16.6 Å². The van der Waals surface area contributed by atoms with Crippen molar-refractivity contribution < 1.29 is 22.3 Å². The van der Waals surface area contributed by atoms with E-state index in [-0.39, 0.29) is 27.4 Å². The van der Waals surface area contributed by atoms with E-state index >= 15 is 0 Å². The van der Waals surface area contributed by atoms with Crippen molar-refractivity contribution in [2.75, 3.05) is 0 Å². The zero-order chi connectivity index (χ0) is 19.9. The van der Waals surface area contributed by atoms with Gasteiger partial charge < -0.3 is 10.5 Å². The fourth-order valence-corrected chi connectivity index (χ4v) is 2.88. The molecule has 2 aromatic carbocycles. The summed E-state index contributed by atoms with van der Waals surface area (Å²) in [5.41, 5.74) is 5.22. The van der Waals surface area contributed by atoms with Gasteiger partial charge in [-0.25, -0.2) is 9.37 Å². The summed E-state index contributed by atoms with van der Waals surface area (Å²) in [4.78, 5) is 17.3. The Kier molecular flexibility index (Phi) is 4.83. The first-order valence-electron chi connectivity index (χ1n) is 7.60. The second-order valence-corrected chi connectivity index (χ2v) is 6.13. The molecule has 0 aliphatic rings. The highest BCUT2D eigenvalue weighted by molar-refractivity contribution is 6.35. The van der Waals surface area contributed by atoms with E-state index in [0.29, 0.717) is 6.07 Å². The SMILES string of the molecule is CC(N)c1nc2cccc(Cl)c2c(=O)n1-c1cc(F)cc(OC(F)(F)F)c1. The van der Waals surface area contributed by atoms with Gasteiger partial charge >= 0.3 is 6.36 Å². The highest BCUT2D eigenvalue weighted by Gasteiger charge is 2.31. The lowest BCUT2D eigenvalue weighted by atomic mass is 10.2. The topological polar surface area (TPSA) is 70.1 Å². The summed E-state index contributed by atoms with van der Waals surface area (Å²) < 4.78 is 56.1. The standard InChI is InChI=1S/C17H12ClF4N3O2/c1-8(23)15-24-13-4-2-3-12(18)14(13)16(26)25(15)10-5-9(19)6-11(7-10)27-17(20,21)22/h2-8H,23H2,1H3. The number of alkyl halides is 3. The Hall–Kier alpha value is -2.65. The number of ether oxygens (including phenoxy) is 1. The third kappa shape index (κ3) is 3.88. The molecule has 0 spiro atoms. The van der Waals surface area contributed by atoms with Gasteiger partial charge in [0.05, 0.1) is 27.7 Å². The molecule has 0 bridgehead atoms. The molecule has 3 aromatic rings. The number of hydrogen-bond acceptors (Lipinski definition) is 4. The maximum absolute atomic E-state index is 13.9. The van der Waals surface area contributed by atoms with Crippen LogP contribution in [0.5, 0.6) is 5.75 Å². The van der Waals surface area contributed by atoms with Crippen LogP contribution in [0.3, 0.4) is 0 Å². The van der Waals surface area contributed by atoms with E-state index < -0.39 is 29.5 Å². The minimum atomic E-state index is -5.02. The number of nitrogens with zero attached hydrogens (tertiary/aromatic N) is 2. The zero-order valence-electron chi connectivity index (χ0n) is 13.7. The largest absolute Gasteiger partial charge is 0.573 e. The van der Waals surface area contributed by atoms with E-state index in [4.69, 9.17) is 17.3 Å². The first kappa shape index (κ1) is 19.1. The molecule has 2 N–H and O–H groups in total. The summed E-state index contributed by atoms with van der Waals surface area (Å²) in [7, 11) is 0. The molecule has 0 radical (unpaired) electrons. The molecule has 0 aliphatic carbocycles. The van der Waals surface area contributed by atoms with Crippen molar-refractivity contribution >= 4 is 22.5 Å². The Morgan fingerprint density at radius 1 is 1.26 bits per heavy atom. The van der Waals surface area contributed by atoms with Crippen molar-refractivity contribution in [1.82, 2.24) is 9.55 Å². The van der Waals surface area contributed by atoms with Crippen molar-refractivity contribution in [3.63, 3.8) is 0 Å². The molecule has 0 aliphatic heterocycles. The third-order valence-electron chi connectivity index (χ3n) is 3.63. The molecule has 10 heteroatoms. The molecule has 142 valence electrons. The molecule has 1 unspecified atom stereocenters. The van der Waals surface area contributed by atoms with Crippen LogP contribution in [-0.4, -0.2) is 15.9 Å². The van der Waals surface area contributed by atoms with Crippen LogP contribution in [0.1, 0.15) is 18.8 Å². The monoisotopic (exact) mass is 401 g/mol. The maximum Gasteiger partial charge on any atom is 0.573 e. The Morgan fingerprint density at radius 3 is 2.59 bits per heavy atom. The first-order valence-corrected chi connectivity index (χ1v) is 7.98. The number of fused-ring (bicyclic) bond motifs is 1. The summed E-state index contributed by atoms with van der Waals surface area (Å²) in [5, 5.41) is 0.129. The van der Waals surface area contributed by atoms with Crippen LogP contribution in [-0.2, 0) is 0 Å². The van der Waals surface area contributed by atoms with Crippen LogP contribution >= 0.6 is 11.6 Å². The van der Waals surface area contributed by atoms with E-state index in [1.165, 1.54) is 13.0 Å². The van der Waals surface area contributed by atoms with E-state index in [1.807, 2.05) is 0 Å². The molecule has 0 amide bonds. The predicted octanol–water partition coefficient (Wildman–Crippen LogP) is 4.10. The van der Waals surface area contributed by atoms with Gasteiger partial charge in [0.25, 0.3) is 5.56 Å². The average molecular weight is 402 g/mol. The van der Waals surface area contributed by atoms with Crippen molar-refractivity contribution in [2.45, 2.75) is 19.3 Å². The average Bonchev–Trinajstić information content (AvgIpc) is 2.52. The van der Waals surface area contributed by atoms with Crippen molar-refractivity contribution in [3.8, 4) is 11.4 Å². The van der Waals surface area contributed by atoms with E-state index in [9.17, 15) is 22.4 Å². The summed E-state index contributed by atoms with van der Waals surface area (Å²) in [6.07, 6.45) is -5.02. The highest BCUT2D eigenvalue weighted by Crippen LogP contribution is 2.28. The number of halogens is 5. The molecule has 1 heterocycles. The van der Waals surface area contributed by atoms with Gasteiger partial charge in [0.1, 0.15) is 17.4 Å². The van der Waals surface area contributed by atoms with Gasteiger partial charge in [-0.15, -0.1) is 13.2 Å². The summed E-state index contributed by atoms with van der Waals surface area (Å²) >= 11 is 6.07. The molecule has 1 atom stereocenters. The normalized spacial score (nSPS) is 13.0. The molecule has 1 aromatic heterocycles. The highest BCUT2D eigenvalue weighted by atomic mass is 35.5. The van der Waals surface area contributed by atoms with Gasteiger partial charge in [0.2, 0.25) is 0 Å². The Balaban J connectivity index is 2.34. The molecule has 27 heavy (non-hydrogen) atoms. The Bertz CT molecular complexity index is 1080. The molecule has 3 rings (SSSR count). The van der Waals surface area contributed by atoms with Crippen molar-refractivity contribution in [1.29, 1.82) is 0 Å². The summed E-state index contributed by atoms with van der Waals surface area (Å²) in [6, 6.07) is 6.11. The Morgan fingerprint density at radius 2 is 1.96 bits per heavy atom. The second kappa shape index (κ2) is 6.82. The number of hydrogen-bond donors (Lipinski definition) is 1. The summed E-state index contributed by atoms with van der Waals surface area (Å²) in [6.45, 7) is 1.53. The minimum Gasteiger partial charge on any atom is -0.406 e. The molecule has 0 saturated heterocycles. The minimum absolute atomic E-state index is 0.0262. The van der Waals surface area contributed by atoms with Crippen LogP contribution in [0.2, 0.25) is 5.02 Å². The number of aromatic nitrogens is 2. The maximum atomic E-state index is 13.9. The molecule has 0 fully saturated rings. The van der Waals surface area contributed by atoms with Crippen molar-refractivity contribution in [3.05, 3.63) is 63.4 Å². The number of nitrogens with two attached hydrogens (primary N) is 1. The van der Waals surface area contributed by atoms with E-state index in [1.54, 1.807) is 12.1 Å². The lowest BCUT2D eigenvalue weighted by Gasteiger charge is -2.17. The molecule has 0 saturated carbocycles. The lowest BCUT2D eigenvalue weighted by molar-refractivity contribution is -0.274. The van der Waals surface area contributed by atoms with E-state index in [0.717, 1.165) is 16.7 Å². The second-order valence-electron chi connectivity index (χ2n) is 5.73. The van der Waals surface area contributed by atoms with Crippen molar-refractivity contribution in [2.24, 2.45) is 5.73 Å². The van der Waals surface area contributed by atoms with Gasteiger partial charge in [-0.05, 0) is 25.1 Å². The van der Waals surface area contributed by atoms with Gasteiger partial charge in [-0.1, -0.05) is 17.7 Å². The predicted molar refractivity (Wildman–Crippen MR) is 91.6 cm³/mol. The molecular formula is C17H12ClF4N3O2. The van der Waals surface area contributed by atoms with Gasteiger partial charge in [0, 0.05) is 12.1 Å². The van der Waals surface area contributed by atoms with Gasteiger partial charge in [-0.3, -0.25) is 9.36 Å². The zero-order valence-corrected chi connectivity index (χ0v) is 14.5. The smallest absolute Gasteiger partial charge is 0.406 e. The number of benzene rings is 2. The fraction of sp³-hybridized carbons (Fsp3) is 0.176.